The van der Waals surface area contributed by atoms with Crippen LogP contribution in [0.3, 0.4) is 0 Å². The predicted molar refractivity (Wildman–Crippen MR) is 76.7 cm³/mol. The number of furan rings is 1. The van der Waals surface area contributed by atoms with Gasteiger partial charge in [0.2, 0.25) is 0 Å². The standard InChI is InChI=1S/C13H11Br2NO2/c14-7-9-2-1-3-10(6-9)8-16-13(17)11-4-5-18-12(11)15/h1-6H,7-8H2,(H,16,17). The highest BCUT2D eigenvalue weighted by molar-refractivity contribution is 9.10. The van der Waals surface area contributed by atoms with Crippen LogP contribution in [0.2, 0.25) is 0 Å². The Morgan fingerprint density at radius 1 is 1.28 bits per heavy atom. The average molecular weight is 373 g/mol. The quantitative estimate of drug-likeness (QED) is 0.828. The molecule has 18 heavy (non-hydrogen) atoms. The van der Waals surface area contributed by atoms with Crippen LogP contribution >= 0.6 is 31.9 Å². The average Bonchev–Trinajstić information content (AvgIpc) is 2.82. The third-order valence-corrected chi connectivity index (χ3v) is 3.72. The molecule has 1 aromatic heterocycles. The molecule has 0 radical (unpaired) electrons. The highest BCUT2D eigenvalue weighted by Crippen LogP contribution is 2.17. The van der Waals surface area contributed by atoms with E-state index in [1.54, 1.807) is 6.07 Å². The third-order valence-electron chi connectivity index (χ3n) is 2.46. The summed E-state index contributed by atoms with van der Waals surface area (Å²) in [6.45, 7) is 0.497. The van der Waals surface area contributed by atoms with Gasteiger partial charge in [-0.05, 0) is 33.1 Å². The first-order valence-electron chi connectivity index (χ1n) is 5.35. The predicted octanol–water partition coefficient (Wildman–Crippen LogP) is 3.87. The van der Waals surface area contributed by atoms with Crippen LogP contribution in [0.4, 0.5) is 0 Å². The number of hydrogen-bond donors (Lipinski definition) is 1. The Morgan fingerprint density at radius 3 is 2.72 bits per heavy atom. The maximum atomic E-state index is 11.8. The maximum absolute atomic E-state index is 11.8. The molecule has 94 valence electrons. The SMILES string of the molecule is O=C(NCc1cccc(CBr)c1)c1ccoc1Br. The fourth-order valence-electron chi connectivity index (χ4n) is 1.56. The number of rotatable bonds is 4. The van der Waals surface area contributed by atoms with Crippen molar-refractivity contribution in [1.82, 2.24) is 5.32 Å². The molecule has 0 fully saturated rings. The lowest BCUT2D eigenvalue weighted by atomic mass is 10.1. The second-order valence-electron chi connectivity index (χ2n) is 3.74. The minimum absolute atomic E-state index is 0.153. The van der Waals surface area contributed by atoms with E-state index < -0.39 is 0 Å². The van der Waals surface area contributed by atoms with Gasteiger partial charge in [0.05, 0.1) is 11.8 Å². The van der Waals surface area contributed by atoms with Crippen molar-refractivity contribution in [2.24, 2.45) is 0 Å². The van der Waals surface area contributed by atoms with Crippen LogP contribution < -0.4 is 5.32 Å². The molecule has 2 rings (SSSR count). The van der Waals surface area contributed by atoms with Crippen LogP contribution in [-0.4, -0.2) is 5.91 Å². The van der Waals surface area contributed by atoms with Crippen molar-refractivity contribution in [1.29, 1.82) is 0 Å². The molecule has 1 amide bonds. The zero-order valence-corrected chi connectivity index (χ0v) is 12.6. The second kappa shape index (κ2) is 6.20. The number of benzene rings is 1. The Kier molecular flexibility index (Phi) is 4.60. The van der Waals surface area contributed by atoms with Gasteiger partial charge in [0.1, 0.15) is 0 Å². The molecule has 0 aliphatic rings. The summed E-state index contributed by atoms with van der Waals surface area (Å²) in [6.07, 6.45) is 1.48. The number of alkyl halides is 1. The summed E-state index contributed by atoms with van der Waals surface area (Å²) in [4.78, 5) is 11.8. The first-order valence-corrected chi connectivity index (χ1v) is 7.27. The summed E-state index contributed by atoms with van der Waals surface area (Å²) in [5.74, 6) is -0.153. The highest BCUT2D eigenvalue weighted by atomic mass is 79.9. The van der Waals surface area contributed by atoms with Gasteiger partial charge >= 0.3 is 0 Å². The molecule has 0 bridgehead atoms. The van der Waals surface area contributed by atoms with E-state index in [1.165, 1.54) is 11.8 Å². The molecule has 0 saturated carbocycles. The Morgan fingerprint density at radius 2 is 2.06 bits per heavy atom. The zero-order chi connectivity index (χ0) is 13.0. The van der Waals surface area contributed by atoms with Gasteiger partial charge in [0.25, 0.3) is 5.91 Å². The van der Waals surface area contributed by atoms with Gasteiger partial charge in [-0.1, -0.05) is 40.2 Å². The summed E-state index contributed by atoms with van der Waals surface area (Å²) in [7, 11) is 0. The van der Waals surface area contributed by atoms with E-state index in [2.05, 4.69) is 43.2 Å². The van der Waals surface area contributed by atoms with E-state index in [0.717, 1.165) is 10.9 Å². The van der Waals surface area contributed by atoms with Crippen LogP contribution in [0.5, 0.6) is 0 Å². The Labute approximate surface area is 122 Å². The van der Waals surface area contributed by atoms with Crippen molar-refractivity contribution in [3.8, 4) is 0 Å². The largest absolute Gasteiger partial charge is 0.457 e. The number of carbonyl (C=O) groups is 1. The summed E-state index contributed by atoms with van der Waals surface area (Å²) in [5, 5.41) is 3.66. The van der Waals surface area contributed by atoms with E-state index in [4.69, 9.17) is 4.42 Å². The Bertz CT molecular complexity index is 551. The van der Waals surface area contributed by atoms with Gasteiger partial charge in [0, 0.05) is 11.9 Å². The van der Waals surface area contributed by atoms with E-state index in [0.29, 0.717) is 16.8 Å². The molecule has 5 heteroatoms. The van der Waals surface area contributed by atoms with Gasteiger partial charge in [-0.15, -0.1) is 0 Å². The van der Waals surface area contributed by atoms with Crippen LogP contribution in [0.25, 0.3) is 0 Å². The fourth-order valence-corrected chi connectivity index (χ4v) is 2.32. The minimum atomic E-state index is -0.153. The lowest BCUT2D eigenvalue weighted by molar-refractivity contribution is 0.0949. The first-order chi connectivity index (χ1) is 8.70. The van der Waals surface area contributed by atoms with E-state index in [1.807, 2.05) is 18.2 Å². The molecule has 3 nitrogen and oxygen atoms in total. The third kappa shape index (κ3) is 3.23. The maximum Gasteiger partial charge on any atom is 0.256 e. The van der Waals surface area contributed by atoms with E-state index in [-0.39, 0.29) is 5.91 Å². The first kappa shape index (κ1) is 13.4. The summed E-state index contributed by atoms with van der Waals surface area (Å²) in [6, 6.07) is 9.68. The van der Waals surface area contributed by atoms with Crippen LogP contribution in [0, 0.1) is 0 Å². The number of hydrogen-bond acceptors (Lipinski definition) is 2. The topological polar surface area (TPSA) is 42.2 Å². The Hall–Kier alpha value is -1.07. The van der Waals surface area contributed by atoms with Crippen molar-refractivity contribution >= 4 is 37.8 Å². The summed E-state index contributed by atoms with van der Waals surface area (Å²) >= 11 is 6.59. The van der Waals surface area contributed by atoms with Crippen molar-refractivity contribution in [2.45, 2.75) is 11.9 Å². The molecule has 2 aromatic rings. The zero-order valence-electron chi connectivity index (χ0n) is 9.45. The van der Waals surface area contributed by atoms with Crippen molar-refractivity contribution in [2.75, 3.05) is 0 Å². The number of halogens is 2. The molecule has 1 aromatic carbocycles. The smallest absolute Gasteiger partial charge is 0.256 e. The number of carbonyl (C=O) groups excluding carboxylic acids is 1. The molecule has 0 unspecified atom stereocenters. The monoisotopic (exact) mass is 371 g/mol. The lowest BCUT2D eigenvalue weighted by Crippen LogP contribution is -2.22. The molecule has 0 spiro atoms. The molecule has 0 saturated heterocycles. The van der Waals surface area contributed by atoms with Gasteiger partial charge in [-0.2, -0.15) is 0 Å². The lowest BCUT2D eigenvalue weighted by Gasteiger charge is -2.05. The molecule has 1 heterocycles. The van der Waals surface area contributed by atoms with Gasteiger partial charge in [0.15, 0.2) is 4.67 Å². The summed E-state index contributed by atoms with van der Waals surface area (Å²) < 4.78 is 5.48. The molecule has 0 atom stereocenters. The van der Waals surface area contributed by atoms with Crippen molar-refractivity contribution in [3.63, 3.8) is 0 Å². The molecule has 0 aliphatic heterocycles. The minimum Gasteiger partial charge on any atom is -0.457 e. The highest BCUT2D eigenvalue weighted by Gasteiger charge is 2.11. The van der Waals surface area contributed by atoms with Gasteiger partial charge < -0.3 is 9.73 Å². The Balaban J connectivity index is 1.99. The second-order valence-corrected chi connectivity index (χ2v) is 5.03. The van der Waals surface area contributed by atoms with Crippen molar-refractivity contribution < 1.29 is 9.21 Å². The van der Waals surface area contributed by atoms with Crippen LogP contribution in [-0.2, 0) is 11.9 Å². The molecular weight excluding hydrogens is 362 g/mol. The van der Waals surface area contributed by atoms with Gasteiger partial charge in [-0.25, -0.2) is 0 Å². The number of amides is 1. The molecular formula is C13H11Br2NO2. The van der Waals surface area contributed by atoms with Crippen LogP contribution in [0.1, 0.15) is 21.5 Å². The molecule has 0 aliphatic carbocycles. The van der Waals surface area contributed by atoms with Crippen LogP contribution in [0.15, 0.2) is 45.7 Å². The van der Waals surface area contributed by atoms with Gasteiger partial charge in [-0.3, -0.25) is 4.79 Å². The summed E-state index contributed by atoms with van der Waals surface area (Å²) in [5.41, 5.74) is 2.76. The number of nitrogens with one attached hydrogen (secondary N) is 1. The fraction of sp³-hybridized carbons (Fsp3) is 0.154. The van der Waals surface area contributed by atoms with E-state index >= 15 is 0 Å². The molecule has 1 N–H and O–H groups in total. The van der Waals surface area contributed by atoms with Crippen molar-refractivity contribution in [3.05, 3.63) is 58.0 Å². The normalized spacial score (nSPS) is 10.3. The van der Waals surface area contributed by atoms with E-state index in [9.17, 15) is 4.79 Å².